The van der Waals surface area contributed by atoms with Gasteiger partial charge in [-0.15, -0.1) is 71.8 Å². The molecule has 0 bridgehead atoms. The van der Waals surface area contributed by atoms with Gasteiger partial charge in [-0.3, -0.25) is 14.9 Å². The van der Waals surface area contributed by atoms with Crippen LogP contribution in [0.1, 0.15) is 16.7 Å². The van der Waals surface area contributed by atoms with Gasteiger partial charge in [-0.05, 0) is 55.4 Å². The fraction of sp³-hybridized carbons (Fsp3) is 0.0968. The summed E-state index contributed by atoms with van der Waals surface area (Å²) in [5, 5.41) is 0. The second kappa shape index (κ2) is 10.8. The van der Waals surface area contributed by atoms with Crippen LogP contribution in [0.25, 0.3) is 22.5 Å². The first-order chi connectivity index (χ1) is 16.6. The second-order valence-corrected chi connectivity index (χ2v) is 8.40. The van der Waals surface area contributed by atoms with Crippen molar-refractivity contribution in [2.75, 3.05) is 4.90 Å². The number of rotatable bonds is 5. The van der Waals surface area contributed by atoms with Gasteiger partial charge in [-0.2, -0.15) is 0 Å². The van der Waals surface area contributed by atoms with Gasteiger partial charge < -0.3 is 0 Å². The molecular weight excluding hydrogens is 609 g/mol. The third kappa shape index (κ3) is 5.26. The fourth-order valence-corrected chi connectivity index (χ4v) is 4.37. The van der Waals surface area contributed by atoms with Crippen molar-refractivity contribution < 1.29 is 21.1 Å². The molecule has 5 aromatic rings. The van der Waals surface area contributed by atoms with Crippen LogP contribution in [0, 0.1) is 32.9 Å². The number of hydrogen-bond donors (Lipinski definition) is 0. The summed E-state index contributed by atoms with van der Waals surface area (Å²) in [4.78, 5) is 12.3. The molecule has 3 nitrogen and oxygen atoms in total. The van der Waals surface area contributed by atoms with Gasteiger partial charge in [0.2, 0.25) is 0 Å². The molecule has 0 unspecified atom stereocenters. The van der Waals surface area contributed by atoms with Crippen LogP contribution in [0.3, 0.4) is 0 Å². The standard InChI is InChI=1S/C31H25N3.Pt/c1-22-20-23(2)31(24(3)21-22)34(29-18-10-16-27(32-29)25-12-6-4-7-13-25)30-19-11-17-28(33-30)26-14-8-5-9-15-26;/h4-12,14,16-21H,1-3H3;/q-2;+2. The van der Waals surface area contributed by atoms with E-state index in [2.05, 4.69) is 49.9 Å². The van der Waals surface area contributed by atoms with E-state index in [4.69, 9.17) is 9.97 Å². The first-order valence-corrected chi connectivity index (χ1v) is 11.4. The molecule has 5 rings (SSSR count). The zero-order valence-electron chi connectivity index (χ0n) is 19.9. The summed E-state index contributed by atoms with van der Waals surface area (Å²) in [6.45, 7) is 6.42. The van der Waals surface area contributed by atoms with Crippen LogP contribution in [0.2, 0.25) is 0 Å². The van der Waals surface area contributed by atoms with Crippen molar-refractivity contribution in [2.24, 2.45) is 0 Å². The van der Waals surface area contributed by atoms with Gasteiger partial charge in [0, 0.05) is 0 Å². The van der Waals surface area contributed by atoms with Crippen molar-refractivity contribution in [1.29, 1.82) is 0 Å². The second-order valence-electron chi connectivity index (χ2n) is 8.40. The van der Waals surface area contributed by atoms with Gasteiger partial charge >= 0.3 is 21.1 Å². The van der Waals surface area contributed by atoms with Crippen molar-refractivity contribution in [3.05, 3.63) is 126 Å². The van der Waals surface area contributed by atoms with Gasteiger partial charge in [0.25, 0.3) is 0 Å². The first-order valence-electron chi connectivity index (χ1n) is 11.4. The summed E-state index contributed by atoms with van der Waals surface area (Å²) in [5.74, 6) is 1.62. The van der Waals surface area contributed by atoms with Crippen LogP contribution < -0.4 is 4.90 Å². The molecule has 0 aliphatic rings. The molecule has 0 radical (unpaired) electrons. The molecule has 35 heavy (non-hydrogen) atoms. The average molecular weight is 635 g/mol. The van der Waals surface area contributed by atoms with E-state index < -0.39 is 0 Å². The number of aryl methyl sites for hydroxylation is 3. The van der Waals surface area contributed by atoms with Crippen LogP contribution in [0.5, 0.6) is 0 Å². The topological polar surface area (TPSA) is 29.0 Å². The Bertz CT molecular complexity index is 1330. The van der Waals surface area contributed by atoms with E-state index >= 15 is 0 Å². The number of aromatic nitrogens is 2. The average Bonchev–Trinajstić information content (AvgIpc) is 2.87. The molecule has 3 aromatic carbocycles. The summed E-state index contributed by atoms with van der Waals surface area (Å²) in [6.07, 6.45) is 0. The summed E-state index contributed by atoms with van der Waals surface area (Å²) in [7, 11) is 0. The summed E-state index contributed by atoms with van der Waals surface area (Å²) < 4.78 is 0. The Kier molecular flexibility index (Phi) is 7.58. The normalized spacial score (nSPS) is 10.5. The maximum absolute atomic E-state index is 5.05. The number of anilines is 3. The molecule has 0 atom stereocenters. The zero-order chi connectivity index (χ0) is 23.5. The van der Waals surface area contributed by atoms with Crippen LogP contribution in [0.4, 0.5) is 17.3 Å². The SMILES string of the molecule is Cc1cc(C)c(N(c2cccc(-c3[c-]cccc3)n2)c2cccc(-c3[c-]cccc3)n2)c(C)c1.[Pt+2]. The van der Waals surface area contributed by atoms with Gasteiger partial charge in [0.15, 0.2) is 0 Å². The van der Waals surface area contributed by atoms with E-state index in [0.717, 1.165) is 39.8 Å². The molecule has 0 fully saturated rings. The maximum Gasteiger partial charge on any atom is 2.00 e. The Morgan fingerprint density at radius 3 is 1.51 bits per heavy atom. The van der Waals surface area contributed by atoms with E-state index in [-0.39, 0.29) is 21.1 Å². The van der Waals surface area contributed by atoms with Gasteiger partial charge in [0.05, 0.1) is 5.69 Å². The van der Waals surface area contributed by atoms with Gasteiger partial charge in [-0.1, -0.05) is 42.0 Å². The molecule has 0 aliphatic carbocycles. The van der Waals surface area contributed by atoms with Crippen molar-refractivity contribution in [3.63, 3.8) is 0 Å². The minimum Gasteiger partial charge on any atom is -0.280 e. The van der Waals surface area contributed by atoms with Crippen LogP contribution in [-0.2, 0) is 21.1 Å². The quantitative estimate of drug-likeness (QED) is 0.185. The smallest absolute Gasteiger partial charge is 0.280 e. The third-order valence-electron chi connectivity index (χ3n) is 5.76. The van der Waals surface area contributed by atoms with Crippen LogP contribution in [-0.4, -0.2) is 9.97 Å². The molecule has 4 heteroatoms. The molecule has 0 spiro atoms. The Balaban J connectivity index is 0.00000289. The number of benzene rings is 3. The van der Waals surface area contributed by atoms with Crippen molar-refractivity contribution in [1.82, 2.24) is 9.97 Å². The van der Waals surface area contributed by atoms with E-state index in [1.165, 1.54) is 16.7 Å². The van der Waals surface area contributed by atoms with Gasteiger partial charge in [0.1, 0.15) is 11.6 Å². The van der Waals surface area contributed by atoms with Gasteiger partial charge in [-0.25, -0.2) is 0 Å². The number of nitrogens with zero attached hydrogens (tertiary/aromatic N) is 3. The molecule has 174 valence electrons. The molecule has 0 amide bonds. The Labute approximate surface area is 221 Å². The molecule has 0 aliphatic heterocycles. The van der Waals surface area contributed by atoms with Crippen LogP contribution >= 0.6 is 0 Å². The third-order valence-corrected chi connectivity index (χ3v) is 5.76. The fourth-order valence-electron chi connectivity index (χ4n) is 4.37. The monoisotopic (exact) mass is 634 g/mol. The predicted molar refractivity (Wildman–Crippen MR) is 139 cm³/mol. The Morgan fingerprint density at radius 2 is 1.09 bits per heavy atom. The molecule has 0 N–H and O–H groups in total. The summed E-state index contributed by atoms with van der Waals surface area (Å²) in [6, 6.07) is 39.0. The molecule has 0 saturated heterocycles. The molecular formula is C31H25N3Pt. The molecule has 2 aromatic heterocycles. The van der Waals surface area contributed by atoms with Crippen molar-refractivity contribution in [2.45, 2.75) is 20.8 Å². The summed E-state index contributed by atoms with van der Waals surface area (Å²) >= 11 is 0. The van der Waals surface area contributed by atoms with E-state index in [1.54, 1.807) is 0 Å². The molecule has 2 heterocycles. The number of pyridine rings is 2. The van der Waals surface area contributed by atoms with Crippen molar-refractivity contribution >= 4 is 17.3 Å². The van der Waals surface area contributed by atoms with E-state index in [9.17, 15) is 0 Å². The Hall–Kier alpha value is -3.55. The summed E-state index contributed by atoms with van der Waals surface area (Å²) in [5.41, 5.74) is 8.35. The largest absolute Gasteiger partial charge is 2.00 e. The predicted octanol–water partition coefficient (Wildman–Crippen LogP) is 7.80. The Morgan fingerprint density at radius 1 is 0.600 bits per heavy atom. The maximum atomic E-state index is 5.05. The first kappa shape index (κ1) is 24.6. The van der Waals surface area contributed by atoms with E-state index in [1.807, 2.05) is 84.9 Å². The minimum absolute atomic E-state index is 0. The zero-order valence-corrected chi connectivity index (χ0v) is 22.2. The van der Waals surface area contributed by atoms with Crippen molar-refractivity contribution in [3.8, 4) is 22.5 Å². The minimum atomic E-state index is 0. The van der Waals surface area contributed by atoms with E-state index in [0.29, 0.717) is 0 Å². The molecule has 0 saturated carbocycles. The van der Waals surface area contributed by atoms with Crippen LogP contribution in [0.15, 0.2) is 97.1 Å². The number of hydrogen-bond acceptors (Lipinski definition) is 3.